The average Bonchev–Trinajstić information content (AvgIpc) is 2.87. The molecule has 1 unspecified atom stereocenters. The van der Waals surface area contributed by atoms with Gasteiger partial charge in [-0.05, 0) is 97.6 Å². The zero-order chi connectivity index (χ0) is 23.9. The fourth-order valence-corrected chi connectivity index (χ4v) is 5.08. The lowest BCUT2D eigenvalue weighted by atomic mass is 9.79. The number of ether oxygens (including phenoxy) is 1. The Labute approximate surface area is 204 Å². The summed E-state index contributed by atoms with van der Waals surface area (Å²) < 4.78 is 5.61. The van der Waals surface area contributed by atoms with Gasteiger partial charge in [-0.1, -0.05) is 43.3 Å². The number of likely N-dealkylation sites (N-methyl/N-ethyl adjacent to an activating group) is 1. The quantitative estimate of drug-likeness (QED) is 0.374. The maximum absolute atomic E-state index is 9.87. The number of rotatable bonds is 10. The van der Waals surface area contributed by atoms with E-state index in [0.717, 1.165) is 57.6 Å². The molecule has 0 heterocycles. The van der Waals surface area contributed by atoms with Crippen molar-refractivity contribution in [3.05, 3.63) is 88.5 Å². The minimum absolute atomic E-state index is 0.368. The highest BCUT2D eigenvalue weighted by Gasteiger charge is 2.24. The molecule has 0 saturated heterocycles. The fourth-order valence-electron chi connectivity index (χ4n) is 5.08. The molecule has 1 aliphatic rings. The Hall–Kier alpha value is -2.98. The number of nitrogens with zero attached hydrogens (tertiary/aromatic N) is 1. The summed E-state index contributed by atoms with van der Waals surface area (Å²) in [7, 11) is 1.74. The lowest BCUT2D eigenvalue weighted by molar-refractivity contribution is 0.414. The molecule has 0 aliphatic heterocycles. The largest absolute Gasteiger partial charge is 0.508 e. The van der Waals surface area contributed by atoms with E-state index in [2.05, 4.69) is 72.6 Å². The van der Waals surface area contributed by atoms with Crippen LogP contribution in [0.15, 0.2) is 60.7 Å². The molecule has 1 atom stereocenters. The van der Waals surface area contributed by atoms with Gasteiger partial charge in [0.05, 0.1) is 7.11 Å². The van der Waals surface area contributed by atoms with E-state index in [1.807, 2.05) is 12.1 Å². The maximum atomic E-state index is 9.87. The molecule has 0 bridgehead atoms. The Balaban J connectivity index is 1.56. The van der Waals surface area contributed by atoms with Crippen LogP contribution in [-0.2, 0) is 25.8 Å². The second-order valence-electron chi connectivity index (χ2n) is 9.25. The normalized spacial score (nSPS) is 15.1. The minimum Gasteiger partial charge on any atom is -0.508 e. The molecule has 4 heteroatoms. The number of aryl methyl sites for hydroxylation is 1. The van der Waals surface area contributed by atoms with Crippen LogP contribution in [0, 0.1) is 0 Å². The van der Waals surface area contributed by atoms with Crippen molar-refractivity contribution in [2.75, 3.05) is 31.6 Å². The average molecular weight is 459 g/mol. The van der Waals surface area contributed by atoms with Gasteiger partial charge < -0.3 is 20.1 Å². The highest BCUT2D eigenvalue weighted by molar-refractivity contribution is 5.60. The van der Waals surface area contributed by atoms with Crippen LogP contribution in [0.25, 0.3) is 0 Å². The first-order valence-electron chi connectivity index (χ1n) is 12.6. The van der Waals surface area contributed by atoms with Crippen molar-refractivity contribution < 1.29 is 9.84 Å². The Morgan fingerprint density at radius 2 is 1.76 bits per heavy atom. The molecule has 3 aromatic carbocycles. The Morgan fingerprint density at radius 3 is 2.50 bits per heavy atom. The predicted octanol–water partition coefficient (Wildman–Crippen LogP) is 5.85. The summed E-state index contributed by atoms with van der Waals surface area (Å²) in [4.78, 5) is 2.47. The van der Waals surface area contributed by atoms with Crippen molar-refractivity contribution in [1.82, 2.24) is 5.32 Å². The molecular weight excluding hydrogens is 420 g/mol. The maximum Gasteiger partial charge on any atom is 0.120 e. The van der Waals surface area contributed by atoms with Crippen LogP contribution >= 0.6 is 0 Å². The number of fused-ring (bicyclic) bond motifs is 1. The van der Waals surface area contributed by atoms with Gasteiger partial charge in [-0.2, -0.15) is 0 Å². The Bertz CT molecular complexity index is 1080. The van der Waals surface area contributed by atoms with Crippen molar-refractivity contribution >= 4 is 5.69 Å². The first-order valence-corrected chi connectivity index (χ1v) is 12.6. The van der Waals surface area contributed by atoms with Crippen LogP contribution in [0.5, 0.6) is 11.5 Å². The molecular formula is C30H38N2O2. The van der Waals surface area contributed by atoms with Gasteiger partial charge in [0.1, 0.15) is 11.5 Å². The molecule has 0 fully saturated rings. The summed E-state index contributed by atoms with van der Waals surface area (Å²) in [5.41, 5.74) is 8.00. The third kappa shape index (κ3) is 5.74. The second kappa shape index (κ2) is 11.4. The Morgan fingerprint density at radius 1 is 0.971 bits per heavy atom. The molecule has 34 heavy (non-hydrogen) atoms. The molecule has 4 rings (SSSR count). The number of benzene rings is 3. The first kappa shape index (κ1) is 24.2. The van der Waals surface area contributed by atoms with Gasteiger partial charge in [-0.3, -0.25) is 0 Å². The van der Waals surface area contributed by atoms with Crippen LogP contribution < -0.4 is 15.0 Å². The lowest BCUT2D eigenvalue weighted by Crippen LogP contribution is -2.25. The molecule has 2 N–H and O–H groups in total. The molecule has 1 aliphatic carbocycles. The summed E-state index contributed by atoms with van der Waals surface area (Å²) in [5.74, 6) is 1.73. The van der Waals surface area contributed by atoms with Gasteiger partial charge in [-0.15, -0.1) is 0 Å². The van der Waals surface area contributed by atoms with Gasteiger partial charge in [0.25, 0.3) is 0 Å². The van der Waals surface area contributed by atoms with E-state index in [1.54, 1.807) is 7.11 Å². The molecule has 180 valence electrons. The molecule has 3 aromatic rings. The van der Waals surface area contributed by atoms with Gasteiger partial charge >= 0.3 is 0 Å². The third-order valence-electron chi connectivity index (χ3n) is 7.05. The minimum atomic E-state index is 0.368. The molecule has 0 radical (unpaired) electrons. The van der Waals surface area contributed by atoms with Crippen LogP contribution in [0.3, 0.4) is 0 Å². The van der Waals surface area contributed by atoms with Crippen LogP contribution in [-0.4, -0.2) is 31.9 Å². The molecule has 0 spiro atoms. The number of phenols is 1. The number of methoxy groups -OCH3 is 1. The summed E-state index contributed by atoms with van der Waals surface area (Å²) in [6.45, 7) is 8.22. The van der Waals surface area contributed by atoms with Crippen molar-refractivity contribution in [1.29, 1.82) is 0 Å². The fraction of sp³-hybridized carbons (Fsp3) is 0.400. The van der Waals surface area contributed by atoms with Crippen molar-refractivity contribution in [3.63, 3.8) is 0 Å². The van der Waals surface area contributed by atoms with Gasteiger partial charge in [0.15, 0.2) is 0 Å². The first-order chi connectivity index (χ1) is 16.6. The summed E-state index contributed by atoms with van der Waals surface area (Å²) >= 11 is 0. The number of hydrogen-bond acceptors (Lipinski definition) is 4. The molecule has 0 saturated carbocycles. The topological polar surface area (TPSA) is 44.7 Å². The molecule has 0 aromatic heterocycles. The SMILES string of the molecule is CCNCCc1ccc(CN(CC)c2cc(OC)ccc2C2CCc3cc(O)ccc3C2)cc1. The Kier molecular flexibility index (Phi) is 8.12. The predicted molar refractivity (Wildman–Crippen MR) is 141 cm³/mol. The number of anilines is 1. The van der Waals surface area contributed by atoms with Gasteiger partial charge in [-0.25, -0.2) is 0 Å². The third-order valence-corrected chi connectivity index (χ3v) is 7.05. The monoisotopic (exact) mass is 458 g/mol. The van der Waals surface area contributed by atoms with Crippen LogP contribution in [0.1, 0.15) is 54.0 Å². The van der Waals surface area contributed by atoms with E-state index >= 15 is 0 Å². The van der Waals surface area contributed by atoms with E-state index in [1.165, 1.54) is 33.5 Å². The summed E-state index contributed by atoms with van der Waals surface area (Å²) in [5, 5.41) is 13.3. The van der Waals surface area contributed by atoms with E-state index in [-0.39, 0.29) is 0 Å². The lowest BCUT2D eigenvalue weighted by Gasteiger charge is -2.32. The van der Waals surface area contributed by atoms with E-state index in [9.17, 15) is 5.11 Å². The van der Waals surface area contributed by atoms with Gasteiger partial charge in [0.2, 0.25) is 0 Å². The zero-order valence-corrected chi connectivity index (χ0v) is 20.8. The summed E-state index contributed by atoms with van der Waals surface area (Å²) in [6, 6.07) is 21.5. The highest BCUT2D eigenvalue weighted by atomic mass is 16.5. The summed E-state index contributed by atoms with van der Waals surface area (Å²) in [6.07, 6.45) is 4.16. The zero-order valence-electron chi connectivity index (χ0n) is 20.8. The van der Waals surface area contributed by atoms with Crippen LogP contribution in [0.2, 0.25) is 0 Å². The van der Waals surface area contributed by atoms with Crippen molar-refractivity contribution in [2.45, 2.75) is 52.0 Å². The number of aromatic hydroxyl groups is 1. The number of hydrogen-bond donors (Lipinski definition) is 2. The number of nitrogens with one attached hydrogen (secondary N) is 1. The molecule has 4 nitrogen and oxygen atoms in total. The second-order valence-corrected chi connectivity index (χ2v) is 9.25. The van der Waals surface area contributed by atoms with E-state index < -0.39 is 0 Å². The molecule has 0 amide bonds. The van der Waals surface area contributed by atoms with Crippen molar-refractivity contribution in [3.8, 4) is 11.5 Å². The van der Waals surface area contributed by atoms with Crippen molar-refractivity contribution in [2.24, 2.45) is 0 Å². The van der Waals surface area contributed by atoms with E-state index in [0.29, 0.717) is 11.7 Å². The number of phenolic OH excluding ortho intramolecular Hbond substituents is 1. The smallest absolute Gasteiger partial charge is 0.120 e. The van der Waals surface area contributed by atoms with Gasteiger partial charge in [0, 0.05) is 24.8 Å². The highest BCUT2D eigenvalue weighted by Crippen LogP contribution is 2.40. The van der Waals surface area contributed by atoms with E-state index in [4.69, 9.17) is 4.74 Å². The van der Waals surface area contributed by atoms with Crippen LogP contribution in [0.4, 0.5) is 5.69 Å². The standard InChI is InChI=1S/C30H38N2O2/c1-4-31-17-16-22-6-8-23(9-7-22)21-32(5-2)30-20-28(34-3)14-15-29(30)26-11-10-25-19-27(33)13-12-24(25)18-26/h6-9,12-15,19-20,26,31,33H,4-5,10-11,16-18,21H2,1-3H3.